The van der Waals surface area contributed by atoms with Crippen molar-refractivity contribution < 1.29 is 9.53 Å². The topological polar surface area (TPSA) is 29.5 Å². The molecule has 1 aliphatic rings. The Morgan fingerprint density at radius 1 is 1.39 bits per heavy atom. The number of ether oxygens (including phenoxy) is 1. The number of hydrogen-bond acceptors (Lipinski definition) is 2. The molecule has 0 N–H and O–H groups in total. The summed E-state index contributed by atoms with van der Waals surface area (Å²) in [5.74, 6) is 0.265. The van der Waals surface area contributed by atoms with E-state index in [1.807, 2.05) is 30.0 Å². The van der Waals surface area contributed by atoms with Crippen LogP contribution in [0.15, 0.2) is 30.3 Å². The highest BCUT2D eigenvalue weighted by atomic mass is 16.5. The van der Waals surface area contributed by atoms with Crippen LogP contribution in [0.25, 0.3) is 0 Å². The van der Waals surface area contributed by atoms with Crippen LogP contribution in [-0.4, -0.2) is 36.6 Å². The van der Waals surface area contributed by atoms with E-state index in [1.54, 1.807) is 0 Å². The van der Waals surface area contributed by atoms with Crippen LogP contribution in [0, 0.1) is 0 Å². The molecule has 1 heterocycles. The highest BCUT2D eigenvalue weighted by molar-refractivity contribution is 5.76. The van der Waals surface area contributed by atoms with Gasteiger partial charge in [-0.15, -0.1) is 0 Å². The van der Waals surface area contributed by atoms with Crippen LogP contribution in [0.4, 0.5) is 0 Å². The van der Waals surface area contributed by atoms with Crippen molar-refractivity contribution in [2.75, 3.05) is 19.8 Å². The molecule has 3 nitrogen and oxygen atoms in total. The summed E-state index contributed by atoms with van der Waals surface area (Å²) in [7, 11) is 0. The summed E-state index contributed by atoms with van der Waals surface area (Å²) in [6.07, 6.45) is 2.54. The lowest BCUT2D eigenvalue weighted by Gasteiger charge is -2.33. The SMILES string of the molecule is CC1COCCN1C(=O)CCCc1ccccc1. The summed E-state index contributed by atoms with van der Waals surface area (Å²) in [6, 6.07) is 10.6. The van der Waals surface area contributed by atoms with E-state index in [0.29, 0.717) is 19.6 Å². The number of aryl methyl sites for hydroxylation is 1. The molecule has 1 saturated heterocycles. The zero-order chi connectivity index (χ0) is 12.8. The lowest BCUT2D eigenvalue weighted by Crippen LogP contribution is -2.47. The standard InChI is InChI=1S/C15H21NO2/c1-13-12-18-11-10-16(13)15(17)9-5-8-14-6-3-2-4-7-14/h2-4,6-7,13H,5,8-12H2,1H3. The molecule has 1 atom stereocenters. The first-order valence-corrected chi connectivity index (χ1v) is 6.68. The van der Waals surface area contributed by atoms with Crippen molar-refractivity contribution in [3.8, 4) is 0 Å². The molecule has 0 aliphatic carbocycles. The third-order valence-corrected chi connectivity index (χ3v) is 3.39. The van der Waals surface area contributed by atoms with Gasteiger partial charge in [0.15, 0.2) is 0 Å². The van der Waals surface area contributed by atoms with Crippen molar-refractivity contribution in [2.24, 2.45) is 0 Å². The van der Waals surface area contributed by atoms with Gasteiger partial charge in [-0.3, -0.25) is 4.79 Å². The third-order valence-electron chi connectivity index (χ3n) is 3.39. The van der Waals surface area contributed by atoms with Crippen LogP contribution in [0.2, 0.25) is 0 Å². The van der Waals surface area contributed by atoms with E-state index in [0.717, 1.165) is 19.4 Å². The van der Waals surface area contributed by atoms with Gasteiger partial charge < -0.3 is 9.64 Å². The minimum absolute atomic E-state index is 0.225. The molecule has 3 heteroatoms. The molecule has 1 amide bonds. The van der Waals surface area contributed by atoms with Crippen molar-refractivity contribution in [3.05, 3.63) is 35.9 Å². The van der Waals surface area contributed by atoms with E-state index < -0.39 is 0 Å². The van der Waals surface area contributed by atoms with Gasteiger partial charge in [0, 0.05) is 13.0 Å². The summed E-state index contributed by atoms with van der Waals surface area (Å²) >= 11 is 0. The predicted octanol–water partition coefficient (Wildman–Crippen LogP) is 2.26. The maximum absolute atomic E-state index is 12.1. The fourth-order valence-corrected chi connectivity index (χ4v) is 2.33. The van der Waals surface area contributed by atoms with E-state index in [9.17, 15) is 4.79 Å². The maximum Gasteiger partial charge on any atom is 0.222 e. The van der Waals surface area contributed by atoms with Gasteiger partial charge in [-0.2, -0.15) is 0 Å². The molecule has 0 saturated carbocycles. The van der Waals surface area contributed by atoms with Crippen molar-refractivity contribution >= 4 is 5.91 Å². The van der Waals surface area contributed by atoms with Crippen LogP contribution in [0.1, 0.15) is 25.3 Å². The monoisotopic (exact) mass is 247 g/mol. The Bertz CT molecular complexity index is 377. The summed E-state index contributed by atoms with van der Waals surface area (Å²) in [6.45, 7) is 4.14. The summed E-state index contributed by atoms with van der Waals surface area (Å²) < 4.78 is 5.34. The first-order chi connectivity index (χ1) is 8.77. The molecule has 1 aliphatic heterocycles. The lowest BCUT2D eigenvalue weighted by molar-refractivity contribution is -0.139. The van der Waals surface area contributed by atoms with Gasteiger partial charge in [-0.25, -0.2) is 0 Å². The van der Waals surface area contributed by atoms with E-state index >= 15 is 0 Å². The Morgan fingerprint density at radius 2 is 2.17 bits per heavy atom. The van der Waals surface area contributed by atoms with Crippen molar-refractivity contribution in [2.45, 2.75) is 32.2 Å². The molecule has 0 bridgehead atoms. The Hall–Kier alpha value is -1.35. The Morgan fingerprint density at radius 3 is 2.89 bits per heavy atom. The van der Waals surface area contributed by atoms with E-state index in [1.165, 1.54) is 5.56 Å². The van der Waals surface area contributed by atoms with Crippen LogP contribution in [0.3, 0.4) is 0 Å². The second kappa shape index (κ2) is 6.55. The largest absolute Gasteiger partial charge is 0.377 e. The molecule has 98 valence electrons. The van der Waals surface area contributed by atoms with E-state index in [4.69, 9.17) is 4.74 Å². The zero-order valence-corrected chi connectivity index (χ0v) is 11.0. The summed E-state index contributed by atoms with van der Waals surface area (Å²) in [5, 5.41) is 0. The molecule has 0 radical (unpaired) electrons. The number of morpholine rings is 1. The normalized spacial score (nSPS) is 19.8. The second-order valence-electron chi connectivity index (χ2n) is 4.85. The predicted molar refractivity (Wildman–Crippen MR) is 71.4 cm³/mol. The van der Waals surface area contributed by atoms with Crippen LogP contribution in [-0.2, 0) is 16.0 Å². The zero-order valence-electron chi connectivity index (χ0n) is 11.0. The quantitative estimate of drug-likeness (QED) is 0.816. The van der Waals surface area contributed by atoms with Crippen molar-refractivity contribution in [1.82, 2.24) is 4.90 Å². The van der Waals surface area contributed by atoms with E-state index in [2.05, 4.69) is 12.1 Å². The fourth-order valence-electron chi connectivity index (χ4n) is 2.33. The summed E-state index contributed by atoms with van der Waals surface area (Å²) in [5.41, 5.74) is 1.31. The van der Waals surface area contributed by atoms with Gasteiger partial charge in [0.1, 0.15) is 0 Å². The molecular formula is C15H21NO2. The van der Waals surface area contributed by atoms with Crippen LogP contribution in [0.5, 0.6) is 0 Å². The molecule has 2 rings (SSSR count). The molecular weight excluding hydrogens is 226 g/mol. The van der Waals surface area contributed by atoms with Crippen molar-refractivity contribution in [3.63, 3.8) is 0 Å². The molecule has 1 aromatic rings. The number of benzene rings is 1. The van der Waals surface area contributed by atoms with Gasteiger partial charge in [-0.05, 0) is 25.3 Å². The van der Waals surface area contributed by atoms with Crippen LogP contribution < -0.4 is 0 Å². The molecule has 1 aromatic carbocycles. The highest BCUT2D eigenvalue weighted by Gasteiger charge is 2.22. The highest BCUT2D eigenvalue weighted by Crippen LogP contribution is 2.11. The van der Waals surface area contributed by atoms with Crippen LogP contribution >= 0.6 is 0 Å². The van der Waals surface area contributed by atoms with Gasteiger partial charge in [0.05, 0.1) is 19.3 Å². The second-order valence-corrected chi connectivity index (χ2v) is 4.85. The number of rotatable bonds is 4. The smallest absolute Gasteiger partial charge is 0.222 e. The first-order valence-electron chi connectivity index (χ1n) is 6.68. The number of hydrogen-bond donors (Lipinski definition) is 0. The number of amides is 1. The minimum atomic E-state index is 0.225. The Labute approximate surface area is 109 Å². The molecule has 18 heavy (non-hydrogen) atoms. The third kappa shape index (κ3) is 3.57. The molecule has 0 aromatic heterocycles. The Kier molecular flexibility index (Phi) is 4.76. The van der Waals surface area contributed by atoms with Gasteiger partial charge in [-0.1, -0.05) is 30.3 Å². The average molecular weight is 247 g/mol. The van der Waals surface area contributed by atoms with E-state index in [-0.39, 0.29) is 11.9 Å². The number of carbonyl (C=O) groups is 1. The maximum atomic E-state index is 12.1. The molecule has 1 fully saturated rings. The number of carbonyl (C=O) groups excluding carboxylic acids is 1. The van der Waals surface area contributed by atoms with Gasteiger partial charge in [0.25, 0.3) is 0 Å². The molecule has 0 spiro atoms. The Balaban J connectivity index is 1.74. The van der Waals surface area contributed by atoms with Gasteiger partial charge in [0.2, 0.25) is 5.91 Å². The first kappa shape index (κ1) is 13.1. The minimum Gasteiger partial charge on any atom is -0.377 e. The number of nitrogens with zero attached hydrogens (tertiary/aromatic N) is 1. The fraction of sp³-hybridized carbons (Fsp3) is 0.533. The van der Waals surface area contributed by atoms with Gasteiger partial charge >= 0.3 is 0 Å². The van der Waals surface area contributed by atoms with Crippen molar-refractivity contribution in [1.29, 1.82) is 0 Å². The summed E-state index contributed by atoms with van der Waals surface area (Å²) in [4.78, 5) is 14.0. The average Bonchev–Trinajstić information content (AvgIpc) is 2.40. The molecule has 1 unspecified atom stereocenters. The lowest BCUT2D eigenvalue weighted by atomic mass is 10.1.